The lowest BCUT2D eigenvalue weighted by atomic mass is 10.2. The fourth-order valence-electron chi connectivity index (χ4n) is 3.37. The number of likely N-dealkylation sites (N-methyl/N-ethyl adjacent to an activating group) is 1. The molecular weight excluding hydrogens is 380 g/mol. The maximum Gasteiger partial charge on any atom is 0.251 e. The van der Waals surface area contributed by atoms with Crippen LogP contribution >= 0.6 is 0 Å². The van der Waals surface area contributed by atoms with Crippen LogP contribution in [0.15, 0.2) is 48.5 Å². The number of carbonyl (C=O) groups excluding carboxylic acids is 3. The summed E-state index contributed by atoms with van der Waals surface area (Å²) in [5.41, 5.74) is 3.38. The van der Waals surface area contributed by atoms with Gasteiger partial charge in [-0.3, -0.25) is 14.4 Å². The molecule has 3 amide bonds. The van der Waals surface area contributed by atoms with Gasteiger partial charge in [0.15, 0.2) is 0 Å². The van der Waals surface area contributed by atoms with E-state index in [-0.39, 0.29) is 24.3 Å². The molecule has 0 aromatic heterocycles. The summed E-state index contributed by atoms with van der Waals surface area (Å²) < 4.78 is 0. The lowest BCUT2D eigenvalue weighted by Crippen LogP contribution is -2.37. The smallest absolute Gasteiger partial charge is 0.251 e. The normalized spacial score (nSPS) is 13.3. The van der Waals surface area contributed by atoms with Gasteiger partial charge in [-0.25, -0.2) is 0 Å². The fourth-order valence-corrected chi connectivity index (χ4v) is 3.37. The Labute approximate surface area is 177 Å². The van der Waals surface area contributed by atoms with Crippen LogP contribution < -0.4 is 15.1 Å². The minimum absolute atomic E-state index is 0.0719. The molecule has 7 nitrogen and oxygen atoms in total. The van der Waals surface area contributed by atoms with E-state index in [0.29, 0.717) is 25.1 Å². The van der Waals surface area contributed by atoms with Crippen LogP contribution in [-0.4, -0.2) is 56.9 Å². The molecule has 0 bridgehead atoms. The molecule has 3 rings (SSSR count). The molecule has 30 heavy (non-hydrogen) atoms. The minimum Gasteiger partial charge on any atom is -0.378 e. The Morgan fingerprint density at radius 3 is 2.23 bits per heavy atom. The lowest BCUT2D eigenvalue weighted by Gasteiger charge is -2.19. The summed E-state index contributed by atoms with van der Waals surface area (Å²) in [6.45, 7) is 1.11. The van der Waals surface area contributed by atoms with Crippen LogP contribution in [0.25, 0.3) is 0 Å². The highest BCUT2D eigenvalue weighted by molar-refractivity contribution is 5.98. The Morgan fingerprint density at radius 1 is 1.00 bits per heavy atom. The highest BCUT2D eigenvalue weighted by Crippen LogP contribution is 2.21. The maximum absolute atomic E-state index is 12.4. The van der Waals surface area contributed by atoms with Crippen molar-refractivity contribution in [3.63, 3.8) is 0 Å². The van der Waals surface area contributed by atoms with Crippen molar-refractivity contribution in [2.75, 3.05) is 44.0 Å². The second-order valence-electron chi connectivity index (χ2n) is 7.69. The predicted molar refractivity (Wildman–Crippen MR) is 118 cm³/mol. The topological polar surface area (TPSA) is 73.0 Å². The number of amides is 3. The number of nitrogens with one attached hydrogen (secondary N) is 1. The highest BCUT2D eigenvalue weighted by Gasteiger charge is 2.21. The number of carbonyl (C=O) groups is 3. The zero-order valence-electron chi connectivity index (χ0n) is 17.7. The summed E-state index contributed by atoms with van der Waals surface area (Å²) in [5.74, 6) is -0.372. The number of hydrogen-bond donors (Lipinski definition) is 1. The molecule has 2 aromatic rings. The fraction of sp³-hybridized carbons (Fsp3) is 0.348. The zero-order chi connectivity index (χ0) is 21.7. The third-order valence-electron chi connectivity index (χ3n) is 5.21. The highest BCUT2D eigenvalue weighted by atomic mass is 16.2. The largest absolute Gasteiger partial charge is 0.378 e. The Morgan fingerprint density at radius 2 is 1.67 bits per heavy atom. The monoisotopic (exact) mass is 408 g/mol. The molecule has 1 fully saturated rings. The SMILES string of the molecule is CN(Cc1ccc(N(C)C)cc1)C(=O)CNC(=O)c1ccc(N2CCCC2=O)cc1. The second kappa shape index (κ2) is 9.43. The molecule has 1 N–H and O–H groups in total. The van der Waals surface area contributed by atoms with E-state index in [4.69, 9.17) is 0 Å². The minimum atomic E-state index is -0.314. The molecule has 0 spiro atoms. The molecular formula is C23H28N4O3. The van der Waals surface area contributed by atoms with E-state index in [2.05, 4.69) is 5.32 Å². The summed E-state index contributed by atoms with van der Waals surface area (Å²) in [4.78, 5) is 41.9. The molecule has 1 aliphatic rings. The first-order valence-corrected chi connectivity index (χ1v) is 10.0. The maximum atomic E-state index is 12.4. The second-order valence-corrected chi connectivity index (χ2v) is 7.69. The van der Waals surface area contributed by atoms with Crippen molar-refractivity contribution < 1.29 is 14.4 Å². The molecule has 0 radical (unpaired) electrons. The van der Waals surface area contributed by atoms with Crippen LogP contribution in [0.2, 0.25) is 0 Å². The average Bonchev–Trinajstić information content (AvgIpc) is 3.18. The van der Waals surface area contributed by atoms with E-state index in [0.717, 1.165) is 23.4 Å². The van der Waals surface area contributed by atoms with Gasteiger partial charge in [0.2, 0.25) is 11.8 Å². The zero-order valence-corrected chi connectivity index (χ0v) is 17.7. The van der Waals surface area contributed by atoms with Crippen LogP contribution in [0.4, 0.5) is 11.4 Å². The van der Waals surface area contributed by atoms with Crippen molar-refractivity contribution in [1.82, 2.24) is 10.2 Å². The van der Waals surface area contributed by atoms with Crippen molar-refractivity contribution >= 4 is 29.1 Å². The molecule has 1 saturated heterocycles. The summed E-state index contributed by atoms with van der Waals surface area (Å²) in [7, 11) is 5.68. The molecule has 1 aliphatic heterocycles. The van der Waals surface area contributed by atoms with E-state index in [1.807, 2.05) is 43.3 Å². The summed E-state index contributed by atoms with van der Waals surface area (Å²) in [6, 6.07) is 14.9. The van der Waals surface area contributed by atoms with Crippen molar-refractivity contribution in [3.05, 3.63) is 59.7 Å². The van der Waals surface area contributed by atoms with E-state index in [1.54, 1.807) is 41.1 Å². The number of hydrogen-bond acceptors (Lipinski definition) is 4. The average molecular weight is 409 g/mol. The third kappa shape index (κ3) is 5.17. The van der Waals surface area contributed by atoms with Gasteiger partial charge >= 0.3 is 0 Å². The third-order valence-corrected chi connectivity index (χ3v) is 5.21. The molecule has 1 heterocycles. The first-order valence-electron chi connectivity index (χ1n) is 10.0. The van der Waals surface area contributed by atoms with Gasteiger partial charge in [-0.1, -0.05) is 12.1 Å². The number of nitrogens with zero attached hydrogens (tertiary/aromatic N) is 3. The van der Waals surface area contributed by atoms with Gasteiger partial charge in [-0.15, -0.1) is 0 Å². The van der Waals surface area contributed by atoms with E-state index >= 15 is 0 Å². The standard InChI is InChI=1S/C23H28N4O3/c1-25(2)19-10-6-17(7-11-19)16-26(3)22(29)15-24-23(30)18-8-12-20(13-9-18)27-14-4-5-21(27)28/h6-13H,4-5,14-16H2,1-3H3,(H,24,30). The molecule has 2 aromatic carbocycles. The lowest BCUT2D eigenvalue weighted by molar-refractivity contribution is -0.129. The van der Waals surface area contributed by atoms with Gasteiger partial charge < -0.3 is 20.0 Å². The van der Waals surface area contributed by atoms with Crippen molar-refractivity contribution in [3.8, 4) is 0 Å². The van der Waals surface area contributed by atoms with Crippen LogP contribution in [0.5, 0.6) is 0 Å². The Kier molecular flexibility index (Phi) is 6.72. The van der Waals surface area contributed by atoms with Crippen molar-refractivity contribution in [2.45, 2.75) is 19.4 Å². The summed E-state index contributed by atoms with van der Waals surface area (Å²) in [5, 5.41) is 2.67. The summed E-state index contributed by atoms with van der Waals surface area (Å²) >= 11 is 0. The van der Waals surface area contributed by atoms with Gasteiger partial charge in [-0.2, -0.15) is 0 Å². The van der Waals surface area contributed by atoms with Gasteiger partial charge in [-0.05, 0) is 48.4 Å². The van der Waals surface area contributed by atoms with Crippen molar-refractivity contribution in [1.29, 1.82) is 0 Å². The van der Waals surface area contributed by atoms with E-state index in [1.165, 1.54) is 0 Å². The van der Waals surface area contributed by atoms with Crippen LogP contribution in [0.3, 0.4) is 0 Å². The first kappa shape index (κ1) is 21.4. The number of rotatable bonds is 7. The quantitative estimate of drug-likeness (QED) is 0.763. The Balaban J connectivity index is 1.49. The van der Waals surface area contributed by atoms with E-state index < -0.39 is 0 Å². The molecule has 158 valence electrons. The number of benzene rings is 2. The van der Waals surface area contributed by atoms with E-state index in [9.17, 15) is 14.4 Å². The molecule has 0 unspecified atom stereocenters. The Hall–Kier alpha value is -3.35. The van der Waals surface area contributed by atoms with Crippen LogP contribution in [-0.2, 0) is 16.1 Å². The predicted octanol–water partition coefficient (Wildman–Crippen LogP) is 2.27. The van der Waals surface area contributed by atoms with Gasteiger partial charge in [0.25, 0.3) is 5.91 Å². The molecule has 0 atom stereocenters. The first-order chi connectivity index (χ1) is 14.3. The van der Waals surface area contributed by atoms with Crippen LogP contribution in [0.1, 0.15) is 28.8 Å². The van der Waals surface area contributed by atoms with Gasteiger partial charge in [0.1, 0.15) is 0 Å². The van der Waals surface area contributed by atoms with Gasteiger partial charge in [0, 0.05) is 57.6 Å². The van der Waals surface area contributed by atoms with Gasteiger partial charge in [0.05, 0.1) is 6.54 Å². The van der Waals surface area contributed by atoms with Crippen molar-refractivity contribution in [2.24, 2.45) is 0 Å². The molecule has 7 heteroatoms. The number of anilines is 2. The summed E-state index contributed by atoms with van der Waals surface area (Å²) in [6.07, 6.45) is 1.42. The van der Waals surface area contributed by atoms with Crippen LogP contribution in [0, 0.1) is 0 Å². The molecule has 0 saturated carbocycles. The Bertz CT molecular complexity index is 907. The molecule has 0 aliphatic carbocycles.